The number of nitrogens with zero attached hydrogens (tertiary/aromatic N) is 1. The molecule has 146 valence electrons. The van der Waals surface area contributed by atoms with Gasteiger partial charge in [0.25, 0.3) is 0 Å². The first-order valence-electron chi connectivity index (χ1n) is 8.49. The van der Waals surface area contributed by atoms with Crippen LogP contribution in [0.5, 0.6) is 0 Å². The number of amides is 1. The highest BCUT2D eigenvalue weighted by Gasteiger charge is 2.25. The average molecular weight is 420 g/mol. The van der Waals surface area contributed by atoms with Crippen molar-refractivity contribution in [3.63, 3.8) is 0 Å². The molecule has 1 atom stereocenters. The van der Waals surface area contributed by atoms with Crippen LogP contribution >= 0.6 is 11.3 Å². The van der Waals surface area contributed by atoms with Crippen LogP contribution in [0.3, 0.4) is 0 Å². The van der Waals surface area contributed by atoms with Gasteiger partial charge >= 0.3 is 0 Å². The molecule has 0 saturated heterocycles. The third kappa shape index (κ3) is 4.80. The Hall–Kier alpha value is -2.62. The van der Waals surface area contributed by atoms with E-state index in [4.69, 9.17) is 0 Å². The van der Waals surface area contributed by atoms with E-state index in [0.717, 1.165) is 35.5 Å². The molecule has 0 spiro atoms. The number of carbonyl (C=O) groups is 1. The number of benzene rings is 2. The predicted octanol–water partition coefficient (Wildman–Crippen LogP) is 3.64. The Morgan fingerprint density at radius 1 is 1.14 bits per heavy atom. The van der Waals surface area contributed by atoms with Crippen molar-refractivity contribution in [2.45, 2.75) is 24.3 Å². The summed E-state index contributed by atoms with van der Waals surface area (Å²) in [5, 5.41) is 4.84. The number of rotatable bonds is 7. The molecular weight excluding hydrogens is 401 g/mol. The number of hydrogen-bond donors (Lipinski definition) is 2. The molecule has 3 aromatic rings. The number of sulfonamides is 1. The first-order chi connectivity index (χ1) is 13.4. The summed E-state index contributed by atoms with van der Waals surface area (Å²) in [6.07, 6.45) is 0.239. The predicted molar refractivity (Wildman–Crippen MR) is 107 cm³/mol. The van der Waals surface area contributed by atoms with E-state index in [-0.39, 0.29) is 11.3 Å². The Balaban J connectivity index is 1.70. The molecule has 3 rings (SSSR count). The van der Waals surface area contributed by atoms with Crippen LogP contribution in [0.4, 0.5) is 9.52 Å². The van der Waals surface area contributed by atoms with E-state index in [1.807, 2.05) is 35.7 Å². The van der Waals surface area contributed by atoms with Crippen molar-refractivity contribution in [2.24, 2.45) is 0 Å². The maximum atomic E-state index is 13.0. The monoisotopic (exact) mass is 419 g/mol. The van der Waals surface area contributed by atoms with Gasteiger partial charge in [-0.1, -0.05) is 37.3 Å². The number of hydrogen-bond acceptors (Lipinski definition) is 5. The van der Waals surface area contributed by atoms with E-state index >= 15 is 0 Å². The topological polar surface area (TPSA) is 88.2 Å². The molecule has 0 aliphatic heterocycles. The van der Waals surface area contributed by atoms with Gasteiger partial charge in [-0.3, -0.25) is 4.79 Å². The lowest BCUT2D eigenvalue weighted by molar-refractivity contribution is -0.117. The Bertz CT molecular complexity index is 1050. The largest absolute Gasteiger partial charge is 0.301 e. The highest BCUT2D eigenvalue weighted by Crippen LogP contribution is 2.24. The molecule has 1 aromatic heterocycles. The maximum Gasteiger partial charge on any atom is 0.244 e. The molecule has 0 fully saturated rings. The molecule has 2 aromatic carbocycles. The summed E-state index contributed by atoms with van der Waals surface area (Å²) >= 11 is 1.25. The van der Waals surface area contributed by atoms with Crippen LogP contribution in [-0.4, -0.2) is 25.4 Å². The SMILES string of the molecule is CCC(NS(=O)(=O)c1ccc(F)cc1)C(=O)Nc1nc(-c2ccccc2)cs1. The zero-order valence-electron chi connectivity index (χ0n) is 14.9. The smallest absolute Gasteiger partial charge is 0.244 e. The lowest BCUT2D eigenvalue weighted by atomic mass is 10.2. The molecule has 1 heterocycles. The minimum atomic E-state index is -3.96. The van der Waals surface area contributed by atoms with Gasteiger partial charge in [0, 0.05) is 10.9 Å². The zero-order valence-corrected chi connectivity index (χ0v) is 16.6. The Labute approximate surface area is 166 Å². The Morgan fingerprint density at radius 3 is 2.46 bits per heavy atom. The summed E-state index contributed by atoms with van der Waals surface area (Å²) < 4.78 is 40.2. The molecule has 9 heteroatoms. The summed E-state index contributed by atoms with van der Waals surface area (Å²) in [6.45, 7) is 1.69. The first-order valence-corrected chi connectivity index (χ1v) is 10.8. The molecule has 0 aliphatic rings. The van der Waals surface area contributed by atoms with E-state index in [1.165, 1.54) is 11.3 Å². The van der Waals surface area contributed by atoms with E-state index in [0.29, 0.717) is 5.13 Å². The van der Waals surface area contributed by atoms with Gasteiger partial charge in [-0.2, -0.15) is 4.72 Å². The fourth-order valence-electron chi connectivity index (χ4n) is 2.46. The van der Waals surface area contributed by atoms with Crippen LogP contribution in [-0.2, 0) is 14.8 Å². The second-order valence-corrected chi connectivity index (χ2v) is 8.50. The molecule has 28 heavy (non-hydrogen) atoms. The van der Waals surface area contributed by atoms with Gasteiger partial charge < -0.3 is 5.32 Å². The lowest BCUT2D eigenvalue weighted by Crippen LogP contribution is -2.43. The first kappa shape index (κ1) is 20.1. The van der Waals surface area contributed by atoms with Gasteiger partial charge in [-0.05, 0) is 30.7 Å². The molecule has 6 nitrogen and oxygen atoms in total. The van der Waals surface area contributed by atoms with E-state index in [2.05, 4.69) is 15.0 Å². The second kappa shape index (κ2) is 8.59. The quantitative estimate of drug-likeness (QED) is 0.612. The maximum absolute atomic E-state index is 13.0. The number of aromatic nitrogens is 1. The van der Waals surface area contributed by atoms with Crippen molar-refractivity contribution >= 4 is 32.4 Å². The Morgan fingerprint density at radius 2 is 1.82 bits per heavy atom. The third-order valence-electron chi connectivity index (χ3n) is 3.95. The number of thiazole rings is 1. The fourth-order valence-corrected chi connectivity index (χ4v) is 4.46. The Kier molecular flexibility index (Phi) is 6.18. The summed E-state index contributed by atoms with van der Waals surface area (Å²) in [5.74, 6) is -1.05. The van der Waals surface area contributed by atoms with E-state index in [9.17, 15) is 17.6 Å². The highest BCUT2D eigenvalue weighted by molar-refractivity contribution is 7.89. The van der Waals surface area contributed by atoms with Gasteiger partial charge in [0.2, 0.25) is 15.9 Å². The van der Waals surface area contributed by atoms with Crippen LogP contribution in [0.2, 0.25) is 0 Å². The summed E-state index contributed by atoms with van der Waals surface area (Å²) in [4.78, 5) is 16.8. The van der Waals surface area contributed by atoms with E-state index in [1.54, 1.807) is 6.92 Å². The van der Waals surface area contributed by atoms with Crippen molar-refractivity contribution < 1.29 is 17.6 Å². The van der Waals surface area contributed by atoms with Gasteiger partial charge in [-0.15, -0.1) is 11.3 Å². The number of halogens is 1. The summed E-state index contributed by atoms with van der Waals surface area (Å²) in [5.41, 5.74) is 1.64. The molecule has 1 unspecified atom stereocenters. The molecule has 0 radical (unpaired) electrons. The summed E-state index contributed by atoms with van der Waals surface area (Å²) in [7, 11) is -3.96. The minimum absolute atomic E-state index is 0.110. The van der Waals surface area contributed by atoms with Gasteiger partial charge in [0.15, 0.2) is 5.13 Å². The van der Waals surface area contributed by atoms with Crippen molar-refractivity contribution in [1.82, 2.24) is 9.71 Å². The van der Waals surface area contributed by atoms with Gasteiger partial charge in [0.1, 0.15) is 11.9 Å². The third-order valence-corrected chi connectivity index (χ3v) is 6.20. The van der Waals surface area contributed by atoms with Crippen LogP contribution in [0.25, 0.3) is 11.3 Å². The standard InChI is InChI=1S/C19H18FN3O3S2/c1-2-16(23-28(25,26)15-10-8-14(20)9-11-15)18(24)22-19-21-17(12-27-19)13-6-4-3-5-7-13/h3-12,16,23H,2H2,1H3,(H,21,22,24). The molecule has 0 aliphatic carbocycles. The van der Waals surface area contributed by atoms with Crippen LogP contribution in [0.1, 0.15) is 13.3 Å². The molecular formula is C19H18FN3O3S2. The fraction of sp³-hybridized carbons (Fsp3) is 0.158. The zero-order chi connectivity index (χ0) is 20.1. The van der Waals surface area contributed by atoms with Gasteiger partial charge in [0.05, 0.1) is 10.6 Å². The normalized spacial score (nSPS) is 12.5. The van der Waals surface area contributed by atoms with Crippen molar-refractivity contribution in [2.75, 3.05) is 5.32 Å². The van der Waals surface area contributed by atoms with E-state index < -0.39 is 27.8 Å². The number of carbonyl (C=O) groups excluding carboxylic acids is 1. The number of anilines is 1. The molecule has 0 bridgehead atoms. The molecule has 0 saturated carbocycles. The van der Waals surface area contributed by atoms with Crippen molar-refractivity contribution in [3.05, 3.63) is 65.8 Å². The second-order valence-electron chi connectivity index (χ2n) is 5.93. The molecule has 2 N–H and O–H groups in total. The minimum Gasteiger partial charge on any atom is -0.301 e. The average Bonchev–Trinajstić information content (AvgIpc) is 3.15. The van der Waals surface area contributed by atoms with Crippen LogP contribution < -0.4 is 10.0 Å². The summed E-state index contributed by atoms with van der Waals surface area (Å²) in [6, 6.07) is 12.9. The molecule has 1 amide bonds. The lowest BCUT2D eigenvalue weighted by Gasteiger charge is -2.16. The van der Waals surface area contributed by atoms with Gasteiger partial charge in [-0.25, -0.2) is 17.8 Å². The van der Waals surface area contributed by atoms with Crippen LogP contribution in [0.15, 0.2) is 64.9 Å². The van der Waals surface area contributed by atoms with Crippen molar-refractivity contribution in [3.8, 4) is 11.3 Å². The van der Waals surface area contributed by atoms with Crippen LogP contribution in [0, 0.1) is 5.82 Å². The highest BCUT2D eigenvalue weighted by atomic mass is 32.2. The van der Waals surface area contributed by atoms with Crippen molar-refractivity contribution in [1.29, 1.82) is 0 Å². The number of nitrogens with one attached hydrogen (secondary N) is 2.